The summed E-state index contributed by atoms with van der Waals surface area (Å²) in [4.78, 5) is 9.42. The first kappa shape index (κ1) is 11.5. The van der Waals surface area contributed by atoms with Crippen LogP contribution in [-0.4, -0.2) is 16.2 Å². The molecule has 1 aromatic carbocycles. The second-order valence-corrected chi connectivity index (χ2v) is 5.05. The molecule has 0 aliphatic carbocycles. The summed E-state index contributed by atoms with van der Waals surface area (Å²) in [5, 5.41) is 3.35. The lowest BCUT2D eigenvalue weighted by Crippen LogP contribution is -1.91. The van der Waals surface area contributed by atoms with Crippen molar-refractivity contribution in [2.45, 2.75) is 18.4 Å². The van der Waals surface area contributed by atoms with E-state index in [9.17, 15) is 0 Å². The lowest BCUT2D eigenvalue weighted by Gasteiger charge is -2.05. The van der Waals surface area contributed by atoms with Gasteiger partial charge >= 0.3 is 0 Å². The topological polar surface area (TPSA) is 25.8 Å². The molecule has 0 amide bonds. The monoisotopic (exact) mass is 254 g/mol. The van der Waals surface area contributed by atoms with Gasteiger partial charge in [0.1, 0.15) is 0 Å². The molecule has 0 bridgehead atoms. The van der Waals surface area contributed by atoms with Crippen molar-refractivity contribution in [2.75, 3.05) is 6.26 Å². The van der Waals surface area contributed by atoms with E-state index in [-0.39, 0.29) is 0 Å². The first-order valence-corrected chi connectivity index (χ1v) is 7.27. The van der Waals surface area contributed by atoms with Gasteiger partial charge in [-0.25, -0.2) is 4.98 Å². The van der Waals surface area contributed by atoms with Gasteiger partial charge in [0.15, 0.2) is 0 Å². The summed E-state index contributed by atoms with van der Waals surface area (Å²) in [6.07, 6.45) is 3.00. The van der Waals surface area contributed by atoms with Gasteiger partial charge in [-0.2, -0.15) is 0 Å². The SMILES string of the molecule is CCc1ccc2ccc3ccc(SC)nc3c2n1. The molecule has 18 heavy (non-hydrogen) atoms. The summed E-state index contributed by atoms with van der Waals surface area (Å²) in [6.45, 7) is 2.13. The molecule has 2 heterocycles. The maximum absolute atomic E-state index is 4.73. The number of aromatic nitrogens is 2. The van der Waals surface area contributed by atoms with Crippen molar-refractivity contribution in [2.24, 2.45) is 0 Å². The van der Waals surface area contributed by atoms with Gasteiger partial charge in [-0.1, -0.05) is 31.2 Å². The van der Waals surface area contributed by atoms with E-state index in [0.717, 1.165) is 38.9 Å². The Hall–Kier alpha value is -1.61. The summed E-state index contributed by atoms with van der Waals surface area (Å²) in [6, 6.07) is 12.6. The average Bonchev–Trinajstić information content (AvgIpc) is 2.45. The van der Waals surface area contributed by atoms with Gasteiger partial charge in [0.2, 0.25) is 0 Å². The zero-order valence-electron chi connectivity index (χ0n) is 10.5. The Bertz CT molecular complexity index is 659. The van der Waals surface area contributed by atoms with Crippen LogP contribution in [0.2, 0.25) is 0 Å². The summed E-state index contributed by atoms with van der Waals surface area (Å²) in [5.74, 6) is 0. The normalized spacial score (nSPS) is 11.2. The van der Waals surface area contributed by atoms with Gasteiger partial charge in [-0.3, -0.25) is 4.98 Å². The van der Waals surface area contributed by atoms with Crippen molar-refractivity contribution >= 4 is 33.6 Å². The maximum atomic E-state index is 4.73. The summed E-state index contributed by atoms with van der Waals surface area (Å²) in [7, 11) is 0. The Labute approximate surface area is 110 Å². The predicted molar refractivity (Wildman–Crippen MR) is 78.2 cm³/mol. The van der Waals surface area contributed by atoms with E-state index in [1.54, 1.807) is 11.8 Å². The third-order valence-corrected chi connectivity index (χ3v) is 3.77. The van der Waals surface area contributed by atoms with Gasteiger partial charge < -0.3 is 0 Å². The number of pyridine rings is 2. The molecule has 3 aromatic rings. The number of nitrogens with zero attached hydrogens (tertiary/aromatic N) is 2. The third kappa shape index (κ3) is 1.85. The van der Waals surface area contributed by atoms with Gasteiger partial charge in [0, 0.05) is 16.5 Å². The Morgan fingerprint density at radius 2 is 1.50 bits per heavy atom. The molecule has 90 valence electrons. The first-order chi connectivity index (χ1) is 8.81. The van der Waals surface area contributed by atoms with Crippen LogP contribution in [0.3, 0.4) is 0 Å². The maximum Gasteiger partial charge on any atom is 0.0978 e. The quantitative estimate of drug-likeness (QED) is 0.509. The van der Waals surface area contributed by atoms with Gasteiger partial charge in [0.05, 0.1) is 16.1 Å². The van der Waals surface area contributed by atoms with Gasteiger partial charge in [-0.05, 0) is 24.8 Å². The van der Waals surface area contributed by atoms with Gasteiger partial charge in [0.25, 0.3) is 0 Å². The zero-order valence-corrected chi connectivity index (χ0v) is 11.3. The summed E-state index contributed by atoms with van der Waals surface area (Å²) < 4.78 is 0. The molecule has 0 atom stereocenters. The molecule has 0 aliphatic heterocycles. The fourth-order valence-corrected chi connectivity index (χ4v) is 2.49. The van der Waals surface area contributed by atoms with Crippen LogP contribution in [0, 0.1) is 0 Å². The van der Waals surface area contributed by atoms with E-state index >= 15 is 0 Å². The number of thioether (sulfide) groups is 1. The molecule has 0 spiro atoms. The predicted octanol–water partition coefficient (Wildman–Crippen LogP) is 4.07. The van der Waals surface area contributed by atoms with Crippen molar-refractivity contribution in [3.8, 4) is 0 Å². The number of benzene rings is 1. The van der Waals surface area contributed by atoms with Crippen molar-refractivity contribution in [3.63, 3.8) is 0 Å². The molecule has 2 nitrogen and oxygen atoms in total. The summed E-state index contributed by atoms with van der Waals surface area (Å²) >= 11 is 1.66. The largest absolute Gasteiger partial charge is 0.251 e. The molecule has 0 saturated heterocycles. The lowest BCUT2D eigenvalue weighted by molar-refractivity contribution is 1.06. The molecule has 3 heteroatoms. The van der Waals surface area contributed by atoms with Crippen LogP contribution in [-0.2, 0) is 6.42 Å². The molecule has 0 aliphatic rings. The van der Waals surface area contributed by atoms with E-state index in [2.05, 4.69) is 43.3 Å². The van der Waals surface area contributed by atoms with Crippen LogP contribution < -0.4 is 0 Å². The molecule has 2 aromatic heterocycles. The average molecular weight is 254 g/mol. The van der Waals surface area contributed by atoms with Crippen LogP contribution in [0.4, 0.5) is 0 Å². The third-order valence-electron chi connectivity index (χ3n) is 3.12. The fourth-order valence-electron chi connectivity index (χ4n) is 2.10. The number of aryl methyl sites for hydroxylation is 1. The highest BCUT2D eigenvalue weighted by molar-refractivity contribution is 7.98. The number of rotatable bonds is 2. The van der Waals surface area contributed by atoms with E-state index < -0.39 is 0 Å². The standard InChI is InChI=1S/C15H14N2S/c1-3-12-8-6-10-4-5-11-7-9-13(18-2)17-15(11)14(10)16-12/h4-9H,3H2,1-2H3. The van der Waals surface area contributed by atoms with Crippen molar-refractivity contribution in [1.29, 1.82) is 0 Å². The van der Waals surface area contributed by atoms with Crippen molar-refractivity contribution in [3.05, 3.63) is 42.1 Å². The number of hydrogen-bond donors (Lipinski definition) is 0. The van der Waals surface area contributed by atoms with Crippen molar-refractivity contribution < 1.29 is 0 Å². The first-order valence-electron chi connectivity index (χ1n) is 6.05. The second-order valence-electron chi connectivity index (χ2n) is 4.22. The van der Waals surface area contributed by atoms with Crippen LogP contribution >= 0.6 is 11.8 Å². The Morgan fingerprint density at radius 1 is 0.889 bits per heavy atom. The van der Waals surface area contributed by atoms with E-state index in [1.165, 1.54) is 0 Å². The highest BCUT2D eigenvalue weighted by Gasteiger charge is 2.05. The second kappa shape index (κ2) is 4.58. The van der Waals surface area contributed by atoms with Crippen LogP contribution in [0.1, 0.15) is 12.6 Å². The molecule has 0 fully saturated rings. The van der Waals surface area contributed by atoms with E-state index in [4.69, 9.17) is 9.97 Å². The minimum Gasteiger partial charge on any atom is -0.251 e. The minimum absolute atomic E-state index is 0.953. The number of fused-ring (bicyclic) bond motifs is 3. The Kier molecular flexibility index (Phi) is 2.92. The number of hydrogen-bond acceptors (Lipinski definition) is 3. The van der Waals surface area contributed by atoms with Crippen LogP contribution in [0.25, 0.3) is 21.8 Å². The van der Waals surface area contributed by atoms with Gasteiger partial charge in [-0.15, -0.1) is 11.8 Å². The van der Waals surface area contributed by atoms with Crippen LogP contribution in [0.15, 0.2) is 41.4 Å². The summed E-state index contributed by atoms with van der Waals surface area (Å²) in [5.41, 5.74) is 3.14. The van der Waals surface area contributed by atoms with Crippen molar-refractivity contribution in [1.82, 2.24) is 9.97 Å². The molecular weight excluding hydrogens is 240 g/mol. The fraction of sp³-hybridized carbons (Fsp3) is 0.200. The molecule has 3 rings (SSSR count). The molecule has 0 N–H and O–H groups in total. The lowest BCUT2D eigenvalue weighted by atomic mass is 10.1. The highest BCUT2D eigenvalue weighted by Crippen LogP contribution is 2.25. The molecule has 0 unspecified atom stereocenters. The molecule has 0 radical (unpaired) electrons. The minimum atomic E-state index is 0.953. The van der Waals surface area contributed by atoms with Crippen LogP contribution in [0.5, 0.6) is 0 Å². The molecule has 0 saturated carbocycles. The Morgan fingerprint density at radius 3 is 2.17 bits per heavy atom. The smallest absolute Gasteiger partial charge is 0.0978 e. The molecular formula is C15H14N2S. The van der Waals surface area contributed by atoms with E-state index in [0.29, 0.717) is 0 Å². The van der Waals surface area contributed by atoms with E-state index in [1.807, 2.05) is 6.26 Å². The highest BCUT2D eigenvalue weighted by atomic mass is 32.2. The Balaban J connectivity index is 2.40. The zero-order chi connectivity index (χ0) is 12.5.